The summed E-state index contributed by atoms with van der Waals surface area (Å²) >= 11 is 0. The number of sulfone groups is 1. The Morgan fingerprint density at radius 3 is 2.41 bits per heavy atom. The molecule has 2 rings (SSSR count). The summed E-state index contributed by atoms with van der Waals surface area (Å²) in [5.74, 6) is 0.889. The maximum absolute atomic E-state index is 11.6. The van der Waals surface area contributed by atoms with Crippen LogP contribution in [0.4, 0.5) is 0 Å². The quantitative estimate of drug-likeness (QED) is 0.822. The zero-order valence-corrected chi connectivity index (χ0v) is 11.6. The Balaban J connectivity index is 1.74. The van der Waals surface area contributed by atoms with Crippen molar-refractivity contribution < 1.29 is 8.42 Å². The van der Waals surface area contributed by atoms with E-state index < -0.39 is 9.84 Å². The highest BCUT2D eigenvalue weighted by Gasteiger charge is 2.34. The van der Waals surface area contributed by atoms with Crippen LogP contribution in [0.3, 0.4) is 0 Å². The Morgan fingerprint density at radius 2 is 1.76 bits per heavy atom. The fourth-order valence-electron chi connectivity index (χ4n) is 3.44. The molecule has 4 heteroatoms. The molecular weight excluding hydrogens is 234 g/mol. The first-order chi connectivity index (χ1) is 8.07. The second-order valence-corrected chi connectivity index (χ2v) is 8.06. The molecule has 2 atom stereocenters. The summed E-state index contributed by atoms with van der Waals surface area (Å²) in [6.07, 6.45) is 11.1. The maximum Gasteiger partial charge on any atom is 0.151 e. The molecule has 0 aromatic rings. The molecular formula is C13H25NO2S. The molecule has 0 amide bonds. The van der Waals surface area contributed by atoms with E-state index in [1.165, 1.54) is 38.4 Å². The molecule has 3 nitrogen and oxygen atoms in total. The third kappa shape index (κ3) is 3.68. The van der Waals surface area contributed by atoms with Gasteiger partial charge in [0.2, 0.25) is 0 Å². The van der Waals surface area contributed by atoms with Gasteiger partial charge in [-0.25, -0.2) is 8.42 Å². The van der Waals surface area contributed by atoms with Crippen LogP contribution in [0.25, 0.3) is 0 Å². The average Bonchev–Trinajstić information content (AvgIpc) is 2.86. The highest BCUT2D eigenvalue weighted by atomic mass is 32.2. The molecule has 17 heavy (non-hydrogen) atoms. The van der Waals surface area contributed by atoms with E-state index in [9.17, 15) is 8.42 Å². The van der Waals surface area contributed by atoms with Crippen molar-refractivity contribution >= 4 is 9.84 Å². The molecule has 0 aliphatic heterocycles. The minimum Gasteiger partial charge on any atom is -0.313 e. The van der Waals surface area contributed by atoms with Crippen molar-refractivity contribution in [2.45, 2.75) is 62.7 Å². The van der Waals surface area contributed by atoms with E-state index in [0.29, 0.717) is 0 Å². The largest absolute Gasteiger partial charge is 0.313 e. The van der Waals surface area contributed by atoms with Crippen LogP contribution in [-0.4, -0.2) is 32.5 Å². The fourth-order valence-corrected chi connectivity index (χ4v) is 4.87. The second-order valence-electron chi connectivity index (χ2n) is 5.80. The van der Waals surface area contributed by atoms with Crippen LogP contribution in [0.5, 0.6) is 0 Å². The lowest BCUT2D eigenvalue weighted by Gasteiger charge is -2.20. The molecule has 2 saturated carbocycles. The summed E-state index contributed by atoms with van der Waals surface area (Å²) in [5.41, 5.74) is 0. The van der Waals surface area contributed by atoms with E-state index in [0.717, 1.165) is 31.7 Å². The summed E-state index contributed by atoms with van der Waals surface area (Å²) < 4.78 is 23.2. The SMILES string of the molecule is CS(=O)(=O)C1CCCC1NCCC1CCCC1. The molecule has 1 N–H and O–H groups in total. The Bertz CT molecular complexity index is 333. The predicted octanol–water partition coefficient (Wildman–Crippen LogP) is 2.12. The minimum absolute atomic E-state index is 0.133. The van der Waals surface area contributed by atoms with Crippen molar-refractivity contribution in [1.82, 2.24) is 5.32 Å². The molecule has 2 aliphatic rings. The lowest BCUT2D eigenvalue weighted by Crippen LogP contribution is -2.40. The summed E-state index contributed by atoms with van der Waals surface area (Å²) in [4.78, 5) is 0. The van der Waals surface area contributed by atoms with Gasteiger partial charge in [0.25, 0.3) is 0 Å². The third-order valence-electron chi connectivity index (χ3n) is 4.44. The van der Waals surface area contributed by atoms with E-state index in [1.54, 1.807) is 0 Å². The third-order valence-corrected chi connectivity index (χ3v) is 6.10. The number of hydrogen-bond acceptors (Lipinski definition) is 3. The average molecular weight is 259 g/mol. The van der Waals surface area contributed by atoms with Crippen molar-refractivity contribution in [2.24, 2.45) is 5.92 Å². The molecule has 100 valence electrons. The number of hydrogen-bond donors (Lipinski definition) is 1. The van der Waals surface area contributed by atoms with Gasteiger partial charge in [0.15, 0.2) is 9.84 Å². The van der Waals surface area contributed by atoms with Crippen LogP contribution in [0.15, 0.2) is 0 Å². The van der Waals surface area contributed by atoms with Crippen molar-refractivity contribution in [3.63, 3.8) is 0 Å². The van der Waals surface area contributed by atoms with Gasteiger partial charge >= 0.3 is 0 Å². The van der Waals surface area contributed by atoms with E-state index in [1.807, 2.05) is 0 Å². The van der Waals surface area contributed by atoms with Crippen LogP contribution >= 0.6 is 0 Å². The first-order valence-electron chi connectivity index (χ1n) is 6.99. The molecule has 0 aromatic carbocycles. The number of nitrogens with one attached hydrogen (secondary N) is 1. The normalized spacial score (nSPS) is 31.1. The van der Waals surface area contributed by atoms with E-state index >= 15 is 0 Å². The summed E-state index contributed by atoms with van der Waals surface area (Å²) in [5, 5.41) is 3.35. The zero-order valence-electron chi connectivity index (χ0n) is 10.8. The van der Waals surface area contributed by atoms with E-state index in [4.69, 9.17) is 0 Å². The smallest absolute Gasteiger partial charge is 0.151 e. The van der Waals surface area contributed by atoms with Gasteiger partial charge in [-0.15, -0.1) is 0 Å². The summed E-state index contributed by atoms with van der Waals surface area (Å²) in [7, 11) is -2.86. The van der Waals surface area contributed by atoms with Gasteiger partial charge in [-0.3, -0.25) is 0 Å². The second kappa shape index (κ2) is 5.70. The van der Waals surface area contributed by atoms with Crippen LogP contribution in [-0.2, 0) is 9.84 Å². The fraction of sp³-hybridized carbons (Fsp3) is 1.00. The summed E-state index contributed by atoms with van der Waals surface area (Å²) in [6, 6.07) is 0.214. The summed E-state index contributed by atoms with van der Waals surface area (Å²) in [6.45, 7) is 1.00. The topological polar surface area (TPSA) is 46.2 Å². The van der Waals surface area contributed by atoms with Gasteiger partial charge < -0.3 is 5.32 Å². The highest BCUT2D eigenvalue weighted by molar-refractivity contribution is 7.91. The monoisotopic (exact) mass is 259 g/mol. The van der Waals surface area contributed by atoms with Gasteiger partial charge in [-0.1, -0.05) is 32.1 Å². The Kier molecular flexibility index (Phi) is 4.47. The first kappa shape index (κ1) is 13.3. The Hall–Kier alpha value is -0.0900. The van der Waals surface area contributed by atoms with Crippen LogP contribution in [0.2, 0.25) is 0 Å². The lowest BCUT2D eigenvalue weighted by atomic mass is 10.0. The van der Waals surface area contributed by atoms with Crippen molar-refractivity contribution in [3.05, 3.63) is 0 Å². The molecule has 0 aromatic heterocycles. The van der Waals surface area contributed by atoms with Crippen LogP contribution < -0.4 is 5.32 Å². The molecule has 2 fully saturated rings. The van der Waals surface area contributed by atoms with Gasteiger partial charge in [-0.2, -0.15) is 0 Å². The van der Waals surface area contributed by atoms with E-state index in [2.05, 4.69) is 5.32 Å². The van der Waals surface area contributed by atoms with Crippen molar-refractivity contribution in [3.8, 4) is 0 Å². The molecule has 0 spiro atoms. The molecule has 2 unspecified atom stereocenters. The Morgan fingerprint density at radius 1 is 1.06 bits per heavy atom. The van der Waals surface area contributed by atoms with Crippen molar-refractivity contribution in [2.75, 3.05) is 12.8 Å². The van der Waals surface area contributed by atoms with E-state index in [-0.39, 0.29) is 11.3 Å². The van der Waals surface area contributed by atoms with Crippen molar-refractivity contribution in [1.29, 1.82) is 0 Å². The first-order valence-corrected chi connectivity index (χ1v) is 8.95. The minimum atomic E-state index is -2.86. The van der Waals surface area contributed by atoms with Gasteiger partial charge in [0.1, 0.15) is 0 Å². The molecule has 0 radical (unpaired) electrons. The number of rotatable bonds is 5. The highest BCUT2D eigenvalue weighted by Crippen LogP contribution is 2.28. The molecule has 0 saturated heterocycles. The predicted molar refractivity (Wildman–Crippen MR) is 70.8 cm³/mol. The zero-order chi connectivity index (χ0) is 12.3. The van der Waals surface area contributed by atoms with Gasteiger partial charge in [-0.05, 0) is 31.7 Å². The van der Waals surface area contributed by atoms with Gasteiger partial charge in [0, 0.05) is 12.3 Å². The van der Waals surface area contributed by atoms with Crippen LogP contribution in [0.1, 0.15) is 51.4 Å². The standard InChI is InChI=1S/C13H25NO2S/c1-17(15,16)13-8-4-7-12(13)14-10-9-11-5-2-3-6-11/h11-14H,2-10H2,1H3. The van der Waals surface area contributed by atoms with Gasteiger partial charge in [0.05, 0.1) is 5.25 Å². The molecule has 0 heterocycles. The molecule has 2 aliphatic carbocycles. The van der Waals surface area contributed by atoms with Crippen LogP contribution in [0, 0.1) is 5.92 Å². The molecule has 0 bridgehead atoms. The lowest BCUT2D eigenvalue weighted by molar-refractivity contribution is 0.439. The Labute approximate surface area is 105 Å². The maximum atomic E-state index is 11.6.